The van der Waals surface area contributed by atoms with E-state index in [0.29, 0.717) is 12.1 Å². The van der Waals surface area contributed by atoms with E-state index in [1.807, 2.05) is 26.0 Å². The lowest BCUT2D eigenvalue weighted by Crippen LogP contribution is -2.41. The summed E-state index contributed by atoms with van der Waals surface area (Å²) in [5.74, 6) is -0.254. The first kappa shape index (κ1) is 18.7. The van der Waals surface area contributed by atoms with Crippen LogP contribution in [0.2, 0.25) is 0 Å². The predicted octanol–water partition coefficient (Wildman–Crippen LogP) is 3.06. The summed E-state index contributed by atoms with van der Waals surface area (Å²) in [6.07, 6.45) is 2.09. The highest BCUT2D eigenvalue weighted by atomic mass is 32.2. The highest BCUT2D eigenvalue weighted by Gasteiger charge is 2.36. The molecule has 26 heavy (non-hydrogen) atoms. The molecule has 0 aromatic heterocycles. The molecule has 1 heterocycles. The molecule has 7 heteroatoms. The first-order chi connectivity index (χ1) is 12.2. The van der Waals surface area contributed by atoms with Crippen LogP contribution in [-0.4, -0.2) is 28.6 Å². The van der Waals surface area contributed by atoms with E-state index in [4.69, 9.17) is 0 Å². The smallest absolute Gasteiger partial charge is 0.258 e. The fourth-order valence-electron chi connectivity index (χ4n) is 3.04. The third kappa shape index (κ3) is 3.54. The van der Waals surface area contributed by atoms with Crippen molar-refractivity contribution >= 4 is 25.5 Å². The molecule has 0 fully saturated rings. The number of aryl methyl sites for hydroxylation is 2. The molecular formula is C19H21NO4S2. The second-order valence-electron chi connectivity index (χ2n) is 6.32. The third-order valence-electron chi connectivity index (χ3n) is 4.40. The molecule has 3 rings (SSSR count). The van der Waals surface area contributed by atoms with Gasteiger partial charge in [0.1, 0.15) is 0 Å². The Morgan fingerprint density at radius 2 is 1.73 bits per heavy atom. The van der Waals surface area contributed by atoms with Gasteiger partial charge in [0.25, 0.3) is 10.0 Å². The second kappa shape index (κ2) is 6.89. The van der Waals surface area contributed by atoms with Gasteiger partial charge in [0.15, 0.2) is 9.84 Å². The van der Waals surface area contributed by atoms with Gasteiger partial charge in [-0.25, -0.2) is 16.8 Å². The Kier molecular flexibility index (Phi) is 4.94. The fourth-order valence-corrected chi connectivity index (χ4v) is 6.05. The zero-order chi connectivity index (χ0) is 18.9. The number of para-hydroxylation sites is 1. The minimum absolute atomic E-state index is 0.145. The Balaban J connectivity index is 2.18. The van der Waals surface area contributed by atoms with E-state index in [1.54, 1.807) is 36.4 Å². The molecular weight excluding hydrogens is 370 g/mol. The molecule has 0 bridgehead atoms. The van der Waals surface area contributed by atoms with Gasteiger partial charge < -0.3 is 0 Å². The maximum atomic E-state index is 13.4. The maximum absolute atomic E-state index is 13.4. The standard InChI is InChI=1S/C19H21NO4S2/c1-3-16-6-4-5-7-19(16)20(17-12-13-25(21,22)14-17)26(23,24)18-10-8-15(2)9-11-18/h4-13,17H,3,14H2,1-2H3. The second-order valence-corrected chi connectivity index (χ2v) is 10.1. The first-order valence-electron chi connectivity index (χ1n) is 8.34. The summed E-state index contributed by atoms with van der Waals surface area (Å²) in [5, 5.41) is 1.10. The molecule has 1 unspecified atom stereocenters. The number of hydrogen-bond acceptors (Lipinski definition) is 4. The van der Waals surface area contributed by atoms with E-state index in [9.17, 15) is 16.8 Å². The van der Waals surface area contributed by atoms with Crippen LogP contribution in [0.4, 0.5) is 5.69 Å². The van der Waals surface area contributed by atoms with Crippen LogP contribution in [0.1, 0.15) is 18.1 Å². The third-order valence-corrected chi connectivity index (χ3v) is 7.63. The minimum Gasteiger partial charge on any atom is -0.258 e. The molecule has 0 N–H and O–H groups in total. The van der Waals surface area contributed by atoms with E-state index in [1.165, 1.54) is 10.4 Å². The lowest BCUT2D eigenvalue weighted by Gasteiger charge is -2.30. The highest BCUT2D eigenvalue weighted by molar-refractivity contribution is 7.95. The van der Waals surface area contributed by atoms with Crippen molar-refractivity contribution in [1.82, 2.24) is 0 Å². The molecule has 0 saturated carbocycles. The normalized spacial score (nSPS) is 18.8. The molecule has 1 aliphatic heterocycles. The topological polar surface area (TPSA) is 71.5 Å². The van der Waals surface area contributed by atoms with Crippen LogP contribution >= 0.6 is 0 Å². The van der Waals surface area contributed by atoms with Crippen LogP contribution in [0.15, 0.2) is 64.9 Å². The Bertz CT molecular complexity index is 1040. The van der Waals surface area contributed by atoms with Gasteiger partial charge in [-0.05, 0) is 43.2 Å². The van der Waals surface area contributed by atoms with Gasteiger partial charge in [-0.1, -0.05) is 42.8 Å². The van der Waals surface area contributed by atoms with Crippen LogP contribution in [0.5, 0.6) is 0 Å². The van der Waals surface area contributed by atoms with Gasteiger partial charge in [0.05, 0.1) is 22.4 Å². The first-order valence-corrected chi connectivity index (χ1v) is 11.5. The Morgan fingerprint density at radius 1 is 1.08 bits per heavy atom. The van der Waals surface area contributed by atoms with Crippen molar-refractivity contribution in [1.29, 1.82) is 0 Å². The van der Waals surface area contributed by atoms with Crippen molar-refractivity contribution in [2.45, 2.75) is 31.2 Å². The van der Waals surface area contributed by atoms with Crippen LogP contribution in [0.25, 0.3) is 0 Å². The largest absolute Gasteiger partial charge is 0.264 e. The number of benzene rings is 2. The molecule has 2 aromatic rings. The molecule has 1 atom stereocenters. The Hall–Kier alpha value is -2.12. The van der Waals surface area contributed by atoms with Gasteiger partial charge in [0.2, 0.25) is 0 Å². The van der Waals surface area contributed by atoms with Gasteiger partial charge in [-0.2, -0.15) is 0 Å². The zero-order valence-electron chi connectivity index (χ0n) is 14.7. The maximum Gasteiger partial charge on any atom is 0.264 e. The lowest BCUT2D eigenvalue weighted by atomic mass is 10.1. The van der Waals surface area contributed by atoms with Crippen molar-refractivity contribution in [2.24, 2.45) is 0 Å². The van der Waals surface area contributed by atoms with E-state index in [2.05, 4.69) is 0 Å². The average Bonchev–Trinajstić information content (AvgIpc) is 2.95. The van der Waals surface area contributed by atoms with Crippen molar-refractivity contribution < 1.29 is 16.8 Å². The number of sulfonamides is 1. The fraction of sp³-hybridized carbons (Fsp3) is 0.263. The minimum atomic E-state index is -3.92. The SMILES string of the molecule is CCc1ccccc1N(C1C=CS(=O)(=O)C1)S(=O)(=O)c1ccc(C)cc1. The number of anilines is 1. The summed E-state index contributed by atoms with van der Waals surface area (Å²) >= 11 is 0. The lowest BCUT2D eigenvalue weighted by molar-refractivity contribution is 0.586. The van der Waals surface area contributed by atoms with E-state index >= 15 is 0 Å². The van der Waals surface area contributed by atoms with E-state index in [0.717, 1.165) is 16.5 Å². The van der Waals surface area contributed by atoms with Crippen LogP contribution in [-0.2, 0) is 26.3 Å². The summed E-state index contributed by atoms with van der Waals surface area (Å²) in [5.41, 5.74) is 2.32. The Labute approximate surface area is 154 Å². The van der Waals surface area contributed by atoms with Crippen molar-refractivity contribution in [3.05, 3.63) is 71.1 Å². The molecule has 0 saturated heterocycles. The summed E-state index contributed by atoms with van der Waals surface area (Å²) in [6.45, 7) is 3.82. The average molecular weight is 392 g/mol. The van der Waals surface area contributed by atoms with Crippen molar-refractivity contribution in [3.63, 3.8) is 0 Å². The van der Waals surface area contributed by atoms with Crippen molar-refractivity contribution in [2.75, 3.05) is 10.1 Å². The van der Waals surface area contributed by atoms with E-state index in [-0.39, 0.29) is 10.6 Å². The molecule has 0 radical (unpaired) electrons. The van der Waals surface area contributed by atoms with Gasteiger partial charge in [-0.15, -0.1) is 0 Å². The monoisotopic (exact) mass is 391 g/mol. The number of nitrogens with zero attached hydrogens (tertiary/aromatic N) is 1. The molecule has 138 valence electrons. The summed E-state index contributed by atoms with van der Waals surface area (Å²) in [4.78, 5) is 0.145. The molecule has 0 spiro atoms. The highest BCUT2D eigenvalue weighted by Crippen LogP contribution is 2.32. The van der Waals surface area contributed by atoms with Crippen molar-refractivity contribution in [3.8, 4) is 0 Å². The molecule has 5 nitrogen and oxygen atoms in total. The molecule has 1 aliphatic rings. The van der Waals surface area contributed by atoms with Crippen LogP contribution in [0.3, 0.4) is 0 Å². The summed E-state index contributed by atoms with van der Waals surface area (Å²) < 4.78 is 51.9. The number of sulfone groups is 1. The van der Waals surface area contributed by atoms with Crippen LogP contribution < -0.4 is 4.31 Å². The molecule has 0 aliphatic carbocycles. The predicted molar refractivity (Wildman–Crippen MR) is 103 cm³/mol. The van der Waals surface area contributed by atoms with Gasteiger partial charge in [0, 0.05) is 5.41 Å². The molecule has 0 amide bonds. The van der Waals surface area contributed by atoms with Gasteiger partial charge >= 0.3 is 0 Å². The number of rotatable bonds is 5. The number of hydrogen-bond donors (Lipinski definition) is 0. The zero-order valence-corrected chi connectivity index (χ0v) is 16.3. The van der Waals surface area contributed by atoms with E-state index < -0.39 is 25.9 Å². The Morgan fingerprint density at radius 3 is 2.31 bits per heavy atom. The summed E-state index contributed by atoms with van der Waals surface area (Å²) in [7, 11) is -7.32. The molecule has 2 aromatic carbocycles. The quantitative estimate of drug-likeness (QED) is 0.785. The van der Waals surface area contributed by atoms with Crippen LogP contribution in [0, 0.1) is 6.92 Å². The summed E-state index contributed by atoms with van der Waals surface area (Å²) in [6, 6.07) is 13.0. The van der Waals surface area contributed by atoms with Gasteiger partial charge in [-0.3, -0.25) is 4.31 Å².